The van der Waals surface area contributed by atoms with Crippen molar-refractivity contribution in [2.75, 3.05) is 25.5 Å². The summed E-state index contributed by atoms with van der Waals surface area (Å²) in [6.07, 6.45) is 6.69. The average Bonchev–Trinajstić information content (AvgIpc) is 3.26. The molecule has 1 aliphatic carbocycles. The minimum absolute atomic E-state index is 0.432. The van der Waals surface area contributed by atoms with Gasteiger partial charge in [-0.05, 0) is 57.2 Å². The van der Waals surface area contributed by atoms with Gasteiger partial charge in [0.15, 0.2) is 6.10 Å². The molecular formula is C31H37N3O5S. The summed E-state index contributed by atoms with van der Waals surface area (Å²) in [6, 6.07) is 7.57. The molecule has 3 heterocycles. The number of aryl methyl sites for hydroxylation is 1. The van der Waals surface area contributed by atoms with Crippen LogP contribution in [0.1, 0.15) is 88.4 Å². The molecule has 0 spiro atoms. The second-order valence-corrected chi connectivity index (χ2v) is 11.7. The van der Waals surface area contributed by atoms with Crippen LogP contribution in [-0.2, 0) is 40.1 Å². The van der Waals surface area contributed by atoms with E-state index >= 15 is 0 Å². The van der Waals surface area contributed by atoms with E-state index in [2.05, 4.69) is 17.1 Å². The van der Waals surface area contributed by atoms with E-state index < -0.39 is 23.9 Å². The number of methoxy groups -OCH3 is 1. The smallest absolute Gasteiger partial charge is 0.341 e. The summed E-state index contributed by atoms with van der Waals surface area (Å²) in [5, 5.41) is 4.08. The highest BCUT2D eigenvalue weighted by Crippen LogP contribution is 2.38. The summed E-state index contributed by atoms with van der Waals surface area (Å²) in [5.41, 5.74) is 4.42. The van der Waals surface area contributed by atoms with E-state index in [1.807, 2.05) is 24.3 Å². The molecule has 1 amide bonds. The van der Waals surface area contributed by atoms with Crippen LogP contribution >= 0.6 is 11.3 Å². The van der Waals surface area contributed by atoms with Gasteiger partial charge in [-0.3, -0.25) is 14.7 Å². The molecule has 2 aromatic heterocycles. The number of amides is 1. The molecule has 1 N–H and O–H groups in total. The number of thiophene rings is 1. The first-order chi connectivity index (χ1) is 19.4. The highest BCUT2D eigenvalue weighted by atomic mass is 32.1. The number of anilines is 1. The van der Waals surface area contributed by atoms with Gasteiger partial charge < -0.3 is 14.8 Å². The Balaban J connectivity index is 1.40. The Labute approximate surface area is 239 Å². The first-order valence-electron chi connectivity index (χ1n) is 14.3. The summed E-state index contributed by atoms with van der Waals surface area (Å²) in [7, 11) is 1.35. The van der Waals surface area contributed by atoms with Crippen molar-refractivity contribution in [2.45, 2.75) is 77.9 Å². The lowest BCUT2D eigenvalue weighted by molar-refractivity contribution is -0.123. The minimum Gasteiger partial charge on any atom is -0.465 e. The Bertz CT molecular complexity index is 1430. The molecule has 40 heavy (non-hydrogen) atoms. The number of rotatable bonds is 7. The molecule has 9 heteroatoms. The van der Waals surface area contributed by atoms with E-state index in [1.54, 1.807) is 6.92 Å². The number of ether oxygens (including phenoxy) is 2. The van der Waals surface area contributed by atoms with Crippen molar-refractivity contribution in [1.82, 2.24) is 9.88 Å². The van der Waals surface area contributed by atoms with E-state index in [-0.39, 0.29) is 0 Å². The fourth-order valence-electron chi connectivity index (χ4n) is 5.80. The van der Waals surface area contributed by atoms with Crippen molar-refractivity contribution in [1.29, 1.82) is 0 Å². The first-order valence-corrected chi connectivity index (χ1v) is 15.1. The largest absolute Gasteiger partial charge is 0.465 e. The molecule has 212 valence electrons. The molecule has 0 fully saturated rings. The number of hydrogen-bond acceptors (Lipinski definition) is 8. The average molecular weight is 564 g/mol. The summed E-state index contributed by atoms with van der Waals surface area (Å²) >= 11 is 1.43. The molecule has 3 aromatic rings. The lowest BCUT2D eigenvalue weighted by Gasteiger charge is -2.29. The fraction of sp³-hybridized carbons (Fsp3) is 0.484. The monoisotopic (exact) mass is 563 g/mol. The van der Waals surface area contributed by atoms with Gasteiger partial charge in [0.25, 0.3) is 5.91 Å². The Hall–Kier alpha value is -3.30. The van der Waals surface area contributed by atoms with Crippen molar-refractivity contribution in [3.8, 4) is 0 Å². The number of aromatic nitrogens is 1. The highest BCUT2D eigenvalue weighted by Gasteiger charge is 2.30. The SMILES string of the molecule is CCCN1CCc2nc3ccccc3c(C(=O)OC(C)C(=O)Nc3sc4c(c3C(=O)OC)CCCCCC4)c2C1. The molecule has 0 radical (unpaired) electrons. The Morgan fingerprint density at radius 1 is 1.02 bits per heavy atom. The molecule has 1 aromatic carbocycles. The highest BCUT2D eigenvalue weighted by molar-refractivity contribution is 7.17. The van der Waals surface area contributed by atoms with Crippen LogP contribution < -0.4 is 5.32 Å². The van der Waals surface area contributed by atoms with Crippen molar-refractivity contribution in [3.63, 3.8) is 0 Å². The fourth-order valence-corrected chi connectivity index (χ4v) is 7.08. The standard InChI is InChI=1S/C31H37N3O5S/c1-4-16-34-17-15-24-22(18-34)26(20-11-9-10-13-23(20)32-24)31(37)39-19(2)28(35)33-29-27(30(36)38-3)21-12-7-5-6-8-14-25(21)40-29/h9-11,13,19H,4-8,12,14-18H2,1-3H3,(H,33,35). The predicted octanol–water partition coefficient (Wildman–Crippen LogP) is 5.69. The molecule has 1 aliphatic heterocycles. The third-order valence-corrected chi connectivity index (χ3v) is 9.03. The van der Waals surface area contributed by atoms with Gasteiger partial charge in [-0.15, -0.1) is 11.3 Å². The van der Waals surface area contributed by atoms with Gasteiger partial charge in [-0.2, -0.15) is 0 Å². The van der Waals surface area contributed by atoms with E-state index in [9.17, 15) is 14.4 Å². The van der Waals surface area contributed by atoms with Crippen LogP contribution in [0, 0.1) is 0 Å². The normalized spacial score (nSPS) is 16.3. The molecule has 2 aliphatic rings. The van der Waals surface area contributed by atoms with Gasteiger partial charge in [0.1, 0.15) is 5.00 Å². The second-order valence-electron chi connectivity index (χ2n) is 10.6. The predicted molar refractivity (Wildman–Crippen MR) is 156 cm³/mol. The number of fused-ring (bicyclic) bond motifs is 3. The molecule has 5 rings (SSSR count). The topological polar surface area (TPSA) is 97.8 Å². The van der Waals surface area contributed by atoms with Crippen molar-refractivity contribution in [3.05, 3.63) is 57.1 Å². The Morgan fingerprint density at radius 3 is 2.58 bits per heavy atom. The lowest BCUT2D eigenvalue weighted by atomic mass is 9.95. The lowest BCUT2D eigenvalue weighted by Crippen LogP contribution is -2.34. The summed E-state index contributed by atoms with van der Waals surface area (Å²) in [5.74, 6) is -1.47. The number of para-hydroxylation sites is 1. The van der Waals surface area contributed by atoms with E-state index in [4.69, 9.17) is 14.5 Å². The molecular weight excluding hydrogens is 526 g/mol. The summed E-state index contributed by atoms with van der Waals surface area (Å²) in [4.78, 5) is 48.1. The van der Waals surface area contributed by atoms with Gasteiger partial charge in [-0.25, -0.2) is 9.59 Å². The zero-order valence-electron chi connectivity index (χ0n) is 23.5. The number of nitrogens with zero attached hydrogens (tertiary/aromatic N) is 2. The summed E-state index contributed by atoms with van der Waals surface area (Å²) < 4.78 is 10.9. The van der Waals surface area contributed by atoms with E-state index in [0.717, 1.165) is 97.1 Å². The van der Waals surface area contributed by atoms with Crippen LogP contribution in [0.2, 0.25) is 0 Å². The molecule has 0 saturated heterocycles. The maximum atomic E-state index is 13.7. The van der Waals surface area contributed by atoms with Gasteiger partial charge in [0, 0.05) is 41.0 Å². The van der Waals surface area contributed by atoms with Gasteiger partial charge in [-0.1, -0.05) is 38.0 Å². The second kappa shape index (κ2) is 12.5. The van der Waals surface area contributed by atoms with Gasteiger partial charge in [0.2, 0.25) is 0 Å². The molecule has 8 nitrogen and oxygen atoms in total. The van der Waals surface area contributed by atoms with Crippen LogP contribution in [0.5, 0.6) is 0 Å². The van der Waals surface area contributed by atoms with Crippen LogP contribution in [0.15, 0.2) is 24.3 Å². The zero-order valence-corrected chi connectivity index (χ0v) is 24.3. The minimum atomic E-state index is -1.07. The van der Waals surface area contributed by atoms with Crippen LogP contribution in [-0.4, -0.2) is 54.0 Å². The third kappa shape index (κ3) is 5.76. The molecule has 1 unspecified atom stereocenters. The van der Waals surface area contributed by atoms with Crippen molar-refractivity contribution < 1.29 is 23.9 Å². The summed E-state index contributed by atoms with van der Waals surface area (Å²) in [6.45, 7) is 6.16. The van der Waals surface area contributed by atoms with Crippen LogP contribution in [0.4, 0.5) is 5.00 Å². The molecule has 1 atom stereocenters. The van der Waals surface area contributed by atoms with Crippen molar-refractivity contribution >= 4 is 45.1 Å². The zero-order chi connectivity index (χ0) is 28.2. The number of hydrogen-bond donors (Lipinski definition) is 1. The number of pyridine rings is 1. The number of benzene rings is 1. The van der Waals surface area contributed by atoms with E-state index in [1.165, 1.54) is 18.4 Å². The van der Waals surface area contributed by atoms with Crippen LogP contribution in [0.25, 0.3) is 10.9 Å². The van der Waals surface area contributed by atoms with Gasteiger partial charge in [0.05, 0.1) is 23.8 Å². The van der Waals surface area contributed by atoms with E-state index in [0.29, 0.717) is 22.7 Å². The van der Waals surface area contributed by atoms with Crippen molar-refractivity contribution in [2.24, 2.45) is 0 Å². The number of nitrogens with one attached hydrogen (secondary N) is 1. The number of carbonyl (C=O) groups excluding carboxylic acids is 3. The van der Waals surface area contributed by atoms with Gasteiger partial charge >= 0.3 is 11.9 Å². The Morgan fingerprint density at radius 2 is 1.80 bits per heavy atom. The van der Waals surface area contributed by atoms with Crippen LogP contribution in [0.3, 0.4) is 0 Å². The maximum Gasteiger partial charge on any atom is 0.341 e. The number of esters is 2. The first kappa shape index (κ1) is 28.2. The number of carbonyl (C=O) groups is 3. The third-order valence-electron chi connectivity index (χ3n) is 7.82. The molecule has 0 bridgehead atoms. The quantitative estimate of drug-likeness (QED) is 0.369. The Kier molecular flexibility index (Phi) is 8.81. The maximum absolute atomic E-state index is 13.7. The molecule has 0 saturated carbocycles.